The Morgan fingerprint density at radius 2 is 1.67 bits per heavy atom. The Labute approximate surface area is 119 Å². The third-order valence-electron chi connectivity index (χ3n) is 3.00. The van der Waals surface area contributed by atoms with Crippen molar-refractivity contribution < 1.29 is 34.2 Å². The molecule has 9 nitrogen and oxygen atoms in total. The van der Waals surface area contributed by atoms with Crippen molar-refractivity contribution in [3.8, 4) is 0 Å². The molecule has 1 aliphatic heterocycles. The summed E-state index contributed by atoms with van der Waals surface area (Å²) in [7, 11) is 0. The van der Waals surface area contributed by atoms with Crippen molar-refractivity contribution in [2.75, 3.05) is 6.54 Å². The number of likely N-dealkylation sites (tertiary alicyclic amines) is 1. The van der Waals surface area contributed by atoms with Crippen LogP contribution in [0.15, 0.2) is 0 Å². The molecule has 0 aromatic carbocycles. The summed E-state index contributed by atoms with van der Waals surface area (Å²) in [6, 6.07) is -1.31. The number of nitrogens with one attached hydrogen (secondary N) is 1. The average molecular weight is 300 g/mol. The Hall–Kier alpha value is -2.45. The summed E-state index contributed by atoms with van der Waals surface area (Å²) >= 11 is 0. The monoisotopic (exact) mass is 300 g/mol. The minimum absolute atomic E-state index is 0.102. The van der Waals surface area contributed by atoms with Crippen molar-refractivity contribution in [3.05, 3.63) is 0 Å². The molecule has 3 N–H and O–H groups in total. The number of carbonyl (C=O) groups excluding carboxylic acids is 3. The predicted molar refractivity (Wildman–Crippen MR) is 67.0 cm³/mol. The first-order chi connectivity index (χ1) is 9.81. The standard InChI is InChI=1S/C12H16N2O7/c15-8(5-6-14-9(16)2-3-10(14)17)13-7(12(20)21)1-4-11(18)19/h7H,1-6H2,(H,13,15)(H,18,19)(H,20,21)/t7-/m0/s1. The van der Waals surface area contributed by atoms with Crippen LogP contribution in [0.25, 0.3) is 0 Å². The first-order valence-corrected chi connectivity index (χ1v) is 6.38. The molecule has 1 atom stereocenters. The molecule has 116 valence electrons. The summed E-state index contributed by atoms with van der Waals surface area (Å²) in [5.41, 5.74) is 0. The van der Waals surface area contributed by atoms with Gasteiger partial charge in [0.05, 0.1) is 0 Å². The predicted octanol–water partition coefficient (Wildman–Crippen LogP) is -1.04. The average Bonchev–Trinajstić information content (AvgIpc) is 2.71. The van der Waals surface area contributed by atoms with Crippen molar-refractivity contribution in [1.29, 1.82) is 0 Å². The highest BCUT2D eigenvalue weighted by Gasteiger charge is 2.29. The van der Waals surface area contributed by atoms with Crippen LogP contribution in [0.2, 0.25) is 0 Å². The Morgan fingerprint density at radius 3 is 2.14 bits per heavy atom. The lowest BCUT2D eigenvalue weighted by molar-refractivity contribution is -0.144. The highest BCUT2D eigenvalue weighted by atomic mass is 16.4. The van der Waals surface area contributed by atoms with Gasteiger partial charge >= 0.3 is 11.9 Å². The molecule has 0 spiro atoms. The summed E-state index contributed by atoms with van der Waals surface area (Å²) in [6.45, 7) is -0.102. The van der Waals surface area contributed by atoms with Gasteiger partial charge in [-0.3, -0.25) is 24.1 Å². The van der Waals surface area contributed by atoms with Crippen molar-refractivity contribution in [2.24, 2.45) is 0 Å². The molecule has 0 aromatic rings. The lowest BCUT2D eigenvalue weighted by Crippen LogP contribution is -2.42. The first-order valence-electron chi connectivity index (χ1n) is 6.38. The number of carboxylic acids is 2. The van der Waals surface area contributed by atoms with E-state index >= 15 is 0 Å². The lowest BCUT2D eigenvalue weighted by Gasteiger charge is -2.16. The smallest absolute Gasteiger partial charge is 0.326 e. The van der Waals surface area contributed by atoms with E-state index in [0.717, 1.165) is 4.90 Å². The van der Waals surface area contributed by atoms with Crippen molar-refractivity contribution in [1.82, 2.24) is 10.2 Å². The SMILES string of the molecule is O=C(O)CC[C@H](NC(=O)CCN1C(=O)CCC1=O)C(=O)O. The molecular weight excluding hydrogens is 284 g/mol. The number of rotatable bonds is 8. The molecule has 0 saturated carbocycles. The molecular formula is C12H16N2O7. The summed E-state index contributed by atoms with van der Waals surface area (Å²) < 4.78 is 0. The largest absolute Gasteiger partial charge is 0.481 e. The maximum atomic E-state index is 11.6. The highest BCUT2D eigenvalue weighted by Crippen LogP contribution is 2.11. The molecule has 0 radical (unpaired) electrons. The Morgan fingerprint density at radius 1 is 1.10 bits per heavy atom. The van der Waals surface area contributed by atoms with E-state index in [2.05, 4.69) is 5.32 Å². The van der Waals surface area contributed by atoms with E-state index in [1.54, 1.807) is 0 Å². The van der Waals surface area contributed by atoms with Crippen LogP contribution in [-0.4, -0.2) is 57.4 Å². The summed E-state index contributed by atoms with van der Waals surface area (Å²) in [4.78, 5) is 56.5. The molecule has 1 saturated heterocycles. The van der Waals surface area contributed by atoms with Gasteiger partial charge in [-0.1, -0.05) is 0 Å². The molecule has 9 heteroatoms. The number of carboxylic acid groups (broad SMARTS) is 2. The van der Waals surface area contributed by atoms with Crippen LogP contribution in [0.4, 0.5) is 0 Å². The van der Waals surface area contributed by atoms with Gasteiger partial charge in [0.25, 0.3) is 0 Å². The van der Waals surface area contributed by atoms with Crippen LogP contribution in [0.5, 0.6) is 0 Å². The van der Waals surface area contributed by atoms with Crippen molar-refractivity contribution in [3.63, 3.8) is 0 Å². The van der Waals surface area contributed by atoms with Gasteiger partial charge in [0.2, 0.25) is 17.7 Å². The second kappa shape index (κ2) is 7.36. The highest BCUT2D eigenvalue weighted by molar-refractivity contribution is 6.02. The zero-order valence-corrected chi connectivity index (χ0v) is 11.2. The molecule has 1 aliphatic rings. The van der Waals surface area contributed by atoms with E-state index in [-0.39, 0.29) is 50.5 Å². The van der Waals surface area contributed by atoms with Gasteiger partial charge in [0.15, 0.2) is 0 Å². The summed E-state index contributed by atoms with van der Waals surface area (Å²) in [5.74, 6) is -3.86. The van der Waals surface area contributed by atoms with Gasteiger partial charge in [-0.25, -0.2) is 4.79 Å². The van der Waals surface area contributed by atoms with E-state index in [1.807, 2.05) is 0 Å². The van der Waals surface area contributed by atoms with Crippen molar-refractivity contribution in [2.45, 2.75) is 38.1 Å². The maximum Gasteiger partial charge on any atom is 0.326 e. The van der Waals surface area contributed by atoms with Gasteiger partial charge in [-0.05, 0) is 6.42 Å². The second-order valence-corrected chi connectivity index (χ2v) is 4.58. The molecule has 0 aliphatic carbocycles. The quantitative estimate of drug-likeness (QED) is 0.486. The summed E-state index contributed by atoms with van der Waals surface area (Å²) in [6.07, 6.45) is -0.597. The van der Waals surface area contributed by atoms with E-state index in [9.17, 15) is 24.0 Å². The van der Waals surface area contributed by atoms with Gasteiger partial charge in [-0.15, -0.1) is 0 Å². The van der Waals surface area contributed by atoms with E-state index in [1.165, 1.54) is 0 Å². The Balaban J connectivity index is 2.43. The fourth-order valence-electron chi connectivity index (χ4n) is 1.88. The maximum absolute atomic E-state index is 11.6. The van der Waals surface area contributed by atoms with Crippen molar-refractivity contribution >= 4 is 29.7 Å². The second-order valence-electron chi connectivity index (χ2n) is 4.58. The molecule has 1 heterocycles. The normalized spacial score (nSPS) is 15.9. The van der Waals surface area contributed by atoms with Crippen LogP contribution < -0.4 is 5.32 Å². The molecule has 1 rings (SSSR count). The van der Waals surface area contributed by atoms with Gasteiger partial charge in [0, 0.05) is 32.2 Å². The van der Waals surface area contributed by atoms with E-state index in [0.29, 0.717) is 0 Å². The zero-order chi connectivity index (χ0) is 16.0. The van der Waals surface area contributed by atoms with Crippen LogP contribution in [-0.2, 0) is 24.0 Å². The number of nitrogens with zero attached hydrogens (tertiary/aromatic N) is 1. The van der Waals surface area contributed by atoms with Crippen LogP contribution >= 0.6 is 0 Å². The molecule has 21 heavy (non-hydrogen) atoms. The number of hydrogen-bond donors (Lipinski definition) is 3. The van der Waals surface area contributed by atoms with E-state index in [4.69, 9.17) is 10.2 Å². The number of amides is 3. The number of imide groups is 1. The molecule has 3 amide bonds. The Bertz CT molecular complexity index is 458. The third kappa shape index (κ3) is 5.21. The number of hydrogen-bond acceptors (Lipinski definition) is 5. The minimum atomic E-state index is -1.34. The number of carbonyl (C=O) groups is 5. The Kier molecular flexibility index (Phi) is 5.82. The fourth-order valence-corrected chi connectivity index (χ4v) is 1.88. The molecule has 0 aromatic heterocycles. The molecule has 1 fully saturated rings. The molecule has 0 unspecified atom stereocenters. The summed E-state index contributed by atoms with van der Waals surface area (Å²) in [5, 5.41) is 19.5. The molecule has 0 bridgehead atoms. The fraction of sp³-hybridized carbons (Fsp3) is 0.583. The number of aliphatic carboxylic acids is 2. The van der Waals surface area contributed by atoms with Gasteiger partial charge in [0.1, 0.15) is 6.04 Å². The van der Waals surface area contributed by atoms with Gasteiger partial charge in [-0.2, -0.15) is 0 Å². The van der Waals surface area contributed by atoms with Gasteiger partial charge < -0.3 is 15.5 Å². The zero-order valence-electron chi connectivity index (χ0n) is 11.2. The minimum Gasteiger partial charge on any atom is -0.481 e. The van der Waals surface area contributed by atoms with Crippen LogP contribution in [0.1, 0.15) is 32.1 Å². The van der Waals surface area contributed by atoms with Crippen LogP contribution in [0, 0.1) is 0 Å². The third-order valence-corrected chi connectivity index (χ3v) is 3.00. The lowest BCUT2D eigenvalue weighted by atomic mass is 10.1. The topological polar surface area (TPSA) is 141 Å². The first kappa shape index (κ1) is 16.6. The van der Waals surface area contributed by atoms with E-state index < -0.39 is 23.9 Å². The van der Waals surface area contributed by atoms with Crippen LogP contribution in [0.3, 0.4) is 0 Å².